The molecule has 2 heterocycles. The largest absolute Gasteiger partial charge is 0.382 e. The average molecular weight is 517 g/mol. The second kappa shape index (κ2) is 12.5. The van der Waals surface area contributed by atoms with E-state index in [2.05, 4.69) is 15.5 Å². The van der Waals surface area contributed by atoms with E-state index in [1.807, 2.05) is 4.90 Å². The number of hydrogen-bond acceptors (Lipinski definition) is 7. The summed E-state index contributed by atoms with van der Waals surface area (Å²) in [5, 5.41) is 6.90. The van der Waals surface area contributed by atoms with Gasteiger partial charge in [-0.3, -0.25) is 4.99 Å². The van der Waals surface area contributed by atoms with Crippen molar-refractivity contribution < 1.29 is 22.4 Å². The lowest BCUT2D eigenvalue weighted by Crippen LogP contribution is -2.54. The Morgan fingerprint density at radius 3 is 2.63 bits per heavy atom. The molecule has 12 heteroatoms. The summed E-state index contributed by atoms with van der Waals surface area (Å²) in [7, 11) is -0.0558. The van der Waals surface area contributed by atoms with Gasteiger partial charge in [0.1, 0.15) is 12.0 Å². The van der Waals surface area contributed by atoms with E-state index in [1.165, 1.54) is 10.6 Å². The highest BCUT2D eigenvalue weighted by Crippen LogP contribution is 2.12. The van der Waals surface area contributed by atoms with Crippen LogP contribution in [0.15, 0.2) is 21.8 Å². The van der Waals surface area contributed by atoms with Crippen molar-refractivity contribution in [1.29, 1.82) is 0 Å². The standard InChI is InChI=1S/C15H27N5O5S.HI/c1-16-15(17-4-10-24-12-11-23-2)19-5-7-20(8-6-19)26(21,22)13-14-3-9-25-18-14;/h3,9H,4-8,10-13H2,1-2H3,(H,16,17);1H. The van der Waals surface area contributed by atoms with E-state index >= 15 is 0 Å². The van der Waals surface area contributed by atoms with Crippen molar-refractivity contribution in [3.05, 3.63) is 18.0 Å². The van der Waals surface area contributed by atoms with Gasteiger partial charge in [0.05, 0.1) is 25.5 Å². The third kappa shape index (κ3) is 7.89. The Kier molecular flexibility index (Phi) is 11.1. The van der Waals surface area contributed by atoms with Crippen molar-refractivity contribution in [2.75, 3.05) is 66.7 Å². The van der Waals surface area contributed by atoms with Crippen LogP contribution in [0.25, 0.3) is 0 Å². The SMILES string of the molecule is CN=C(NCCOCCOC)N1CCN(S(=O)(=O)Cc2ccon2)CC1.I. The fourth-order valence-electron chi connectivity index (χ4n) is 2.58. The second-order valence-corrected chi connectivity index (χ2v) is 7.68. The first-order valence-electron chi connectivity index (χ1n) is 8.46. The van der Waals surface area contributed by atoms with Gasteiger partial charge in [0, 0.05) is 52.9 Å². The number of sulfonamides is 1. The van der Waals surface area contributed by atoms with E-state index in [0.717, 1.165) is 5.96 Å². The maximum absolute atomic E-state index is 12.4. The van der Waals surface area contributed by atoms with Crippen molar-refractivity contribution in [3.63, 3.8) is 0 Å². The molecule has 1 aromatic heterocycles. The fourth-order valence-corrected chi connectivity index (χ4v) is 4.00. The van der Waals surface area contributed by atoms with Gasteiger partial charge in [-0.25, -0.2) is 8.42 Å². The molecule has 1 aliphatic rings. The van der Waals surface area contributed by atoms with Crippen molar-refractivity contribution in [2.24, 2.45) is 4.99 Å². The fraction of sp³-hybridized carbons (Fsp3) is 0.733. The number of aliphatic imine (C=N–C) groups is 1. The Morgan fingerprint density at radius 2 is 2.04 bits per heavy atom. The molecule has 0 amide bonds. The number of halogens is 1. The average Bonchev–Trinajstić information content (AvgIpc) is 3.14. The molecule has 1 saturated heterocycles. The van der Waals surface area contributed by atoms with Gasteiger partial charge in [-0.05, 0) is 0 Å². The zero-order chi connectivity index (χ0) is 18.8. The van der Waals surface area contributed by atoms with Crippen LogP contribution in [0.1, 0.15) is 5.69 Å². The number of rotatable bonds is 9. The number of nitrogens with one attached hydrogen (secondary N) is 1. The first-order chi connectivity index (χ1) is 12.6. The molecule has 2 rings (SSSR count). The van der Waals surface area contributed by atoms with Crippen LogP contribution in [0.5, 0.6) is 0 Å². The zero-order valence-electron chi connectivity index (χ0n) is 15.7. The van der Waals surface area contributed by atoms with Gasteiger partial charge in [0.25, 0.3) is 0 Å². The van der Waals surface area contributed by atoms with E-state index in [-0.39, 0.29) is 29.7 Å². The summed E-state index contributed by atoms with van der Waals surface area (Å²) >= 11 is 0. The van der Waals surface area contributed by atoms with Gasteiger partial charge >= 0.3 is 0 Å². The molecule has 1 fully saturated rings. The first-order valence-corrected chi connectivity index (χ1v) is 10.1. The number of hydrogen-bond donors (Lipinski definition) is 1. The summed E-state index contributed by atoms with van der Waals surface area (Å²) in [4.78, 5) is 6.29. The van der Waals surface area contributed by atoms with Crippen LogP contribution in [-0.2, 0) is 25.2 Å². The number of piperazine rings is 1. The van der Waals surface area contributed by atoms with Crippen molar-refractivity contribution in [1.82, 2.24) is 19.7 Å². The van der Waals surface area contributed by atoms with Crippen LogP contribution in [-0.4, -0.2) is 95.4 Å². The van der Waals surface area contributed by atoms with Crippen LogP contribution in [0.4, 0.5) is 0 Å². The third-order valence-electron chi connectivity index (χ3n) is 3.93. The van der Waals surface area contributed by atoms with Gasteiger partial charge in [0.15, 0.2) is 5.96 Å². The van der Waals surface area contributed by atoms with Crippen molar-refractivity contribution in [3.8, 4) is 0 Å². The summed E-state index contributed by atoms with van der Waals surface area (Å²) in [5.41, 5.74) is 0.415. The molecule has 0 radical (unpaired) electrons. The van der Waals surface area contributed by atoms with Crippen LogP contribution in [0.2, 0.25) is 0 Å². The van der Waals surface area contributed by atoms with E-state index in [4.69, 9.17) is 14.0 Å². The van der Waals surface area contributed by atoms with Crippen LogP contribution in [0, 0.1) is 0 Å². The lowest BCUT2D eigenvalue weighted by atomic mass is 10.4. The van der Waals surface area contributed by atoms with Crippen LogP contribution < -0.4 is 5.32 Å². The minimum absolute atomic E-state index is 0. The van der Waals surface area contributed by atoms with E-state index in [1.54, 1.807) is 20.2 Å². The molecule has 0 unspecified atom stereocenters. The molecule has 1 aliphatic heterocycles. The smallest absolute Gasteiger partial charge is 0.220 e. The molecule has 1 aromatic rings. The number of methoxy groups -OCH3 is 1. The Bertz CT molecular complexity index is 648. The minimum atomic E-state index is -3.40. The molecule has 0 saturated carbocycles. The van der Waals surface area contributed by atoms with Gasteiger partial charge in [-0.2, -0.15) is 4.31 Å². The molecule has 0 bridgehead atoms. The quantitative estimate of drug-likeness (QED) is 0.211. The Morgan fingerprint density at radius 1 is 1.30 bits per heavy atom. The molecule has 1 N–H and O–H groups in total. The maximum Gasteiger partial charge on any atom is 0.220 e. The van der Waals surface area contributed by atoms with Crippen LogP contribution >= 0.6 is 24.0 Å². The molecule has 0 aromatic carbocycles. The molecule has 156 valence electrons. The van der Waals surface area contributed by atoms with E-state index in [0.29, 0.717) is 58.2 Å². The molecule has 10 nitrogen and oxygen atoms in total. The molecular formula is C15H28IN5O5S. The number of nitrogens with zero attached hydrogens (tertiary/aromatic N) is 4. The van der Waals surface area contributed by atoms with Gasteiger partial charge in [-0.15, -0.1) is 24.0 Å². The monoisotopic (exact) mass is 517 g/mol. The lowest BCUT2D eigenvalue weighted by Gasteiger charge is -2.35. The Hall–Kier alpha value is -0.960. The van der Waals surface area contributed by atoms with Crippen molar-refractivity contribution >= 4 is 40.0 Å². The maximum atomic E-state index is 12.4. The number of aromatic nitrogens is 1. The molecule has 0 spiro atoms. The summed E-state index contributed by atoms with van der Waals surface area (Å²) in [6.07, 6.45) is 1.37. The topological polar surface area (TPSA) is 110 Å². The lowest BCUT2D eigenvalue weighted by molar-refractivity contribution is 0.0730. The number of ether oxygens (including phenoxy) is 2. The highest BCUT2D eigenvalue weighted by Gasteiger charge is 2.28. The molecule has 0 atom stereocenters. The Balaban J connectivity index is 0.00000364. The number of guanidine groups is 1. The predicted octanol–water partition coefficient (Wildman–Crippen LogP) is -0.0216. The summed E-state index contributed by atoms with van der Waals surface area (Å²) < 4.78 is 41.4. The minimum Gasteiger partial charge on any atom is -0.382 e. The third-order valence-corrected chi connectivity index (χ3v) is 5.74. The van der Waals surface area contributed by atoms with Crippen LogP contribution in [0.3, 0.4) is 0 Å². The highest BCUT2D eigenvalue weighted by molar-refractivity contribution is 14.0. The van der Waals surface area contributed by atoms with E-state index < -0.39 is 10.0 Å². The highest BCUT2D eigenvalue weighted by atomic mass is 127. The van der Waals surface area contributed by atoms with Crippen molar-refractivity contribution in [2.45, 2.75) is 5.75 Å². The van der Waals surface area contributed by atoms with Gasteiger partial charge in [0.2, 0.25) is 10.0 Å². The zero-order valence-corrected chi connectivity index (χ0v) is 18.8. The Labute approximate surface area is 177 Å². The summed E-state index contributed by atoms with van der Waals surface area (Å²) in [5.74, 6) is 0.601. The van der Waals surface area contributed by atoms with Gasteiger partial charge < -0.3 is 24.2 Å². The predicted molar refractivity (Wildman–Crippen MR) is 112 cm³/mol. The summed E-state index contributed by atoms with van der Waals surface area (Å²) in [6, 6.07) is 1.56. The normalized spacial score (nSPS) is 16.2. The molecule has 0 aliphatic carbocycles. The first kappa shape index (κ1) is 24.1. The van der Waals surface area contributed by atoms with Gasteiger partial charge in [-0.1, -0.05) is 5.16 Å². The van der Waals surface area contributed by atoms with E-state index in [9.17, 15) is 8.42 Å². The second-order valence-electron chi connectivity index (χ2n) is 5.71. The summed E-state index contributed by atoms with van der Waals surface area (Å²) in [6.45, 7) is 4.26. The molecule has 27 heavy (non-hydrogen) atoms. The molecular weight excluding hydrogens is 489 g/mol.